The van der Waals surface area contributed by atoms with E-state index in [9.17, 15) is 8.78 Å². The van der Waals surface area contributed by atoms with E-state index in [-0.39, 0.29) is 6.04 Å². The van der Waals surface area contributed by atoms with Gasteiger partial charge in [-0.05, 0) is 35.9 Å². The molecule has 2 nitrogen and oxygen atoms in total. The molecule has 0 radical (unpaired) electrons. The van der Waals surface area contributed by atoms with Gasteiger partial charge < -0.3 is 5.32 Å². The minimum Gasteiger partial charge on any atom is -0.306 e. The van der Waals surface area contributed by atoms with Crippen LogP contribution in [0.1, 0.15) is 24.1 Å². The predicted molar refractivity (Wildman–Crippen MR) is 66.1 cm³/mol. The molecule has 0 aliphatic rings. The predicted octanol–water partition coefficient (Wildman–Crippen LogP) is 3.06. The number of nitrogens with one attached hydrogen (secondary N) is 1. The van der Waals surface area contributed by atoms with Crippen LogP contribution in [0.2, 0.25) is 0 Å². The monoisotopic (exact) mass is 248 g/mol. The average molecular weight is 248 g/mol. The molecule has 1 atom stereocenters. The quantitative estimate of drug-likeness (QED) is 0.899. The summed E-state index contributed by atoms with van der Waals surface area (Å²) in [6.45, 7) is 2.64. The third-order valence-electron chi connectivity index (χ3n) is 2.64. The van der Waals surface area contributed by atoms with E-state index in [1.165, 1.54) is 12.1 Å². The van der Waals surface area contributed by atoms with E-state index in [0.29, 0.717) is 12.1 Å². The summed E-state index contributed by atoms with van der Waals surface area (Å²) >= 11 is 0. The first-order valence-electron chi connectivity index (χ1n) is 5.80. The van der Waals surface area contributed by atoms with Gasteiger partial charge in [-0.2, -0.15) is 0 Å². The lowest BCUT2D eigenvalue weighted by molar-refractivity contribution is 0.565. The van der Waals surface area contributed by atoms with Crippen LogP contribution in [0, 0.1) is 11.6 Å². The number of benzene rings is 1. The van der Waals surface area contributed by atoms with Gasteiger partial charge in [-0.1, -0.05) is 13.0 Å². The molecule has 0 bridgehead atoms. The van der Waals surface area contributed by atoms with Crippen molar-refractivity contribution >= 4 is 0 Å². The van der Waals surface area contributed by atoms with E-state index in [1.807, 2.05) is 13.0 Å². The van der Waals surface area contributed by atoms with Gasteiger partial charge >= 0.3 is 0 Å². The molecule has 0 fully saturated rings. The summed E-state index contributed by atoms with van der Waals surface area (Å²) in [5.41, 5.74) is 1.44. The van der Waals surface area contributed by atoms with E-state index in [4.69, 9.17) is 0 Å². The Morgan fingerprint density at radius 1 is 1.17 bits per heavy atom. The highest BCUT2D eigenvalue weighted by Crippen LogP contribution is 2.22. The molecule has 18 heavy (non-hydrogen) atoms. The summed E-state index contributed by atoms with van der Waals surface area (Å²) in [5, 5.41) is 3.20. The summed E-state index contributed by atoms with van der Waals surface area (Å²) < 4.78 is 26.5. The molecule has 0 amide bonds. The molecule has 2 aromatic rings. The van der Waals surface area contributed by atoms with E-state index in [2.05, 4.69) is 10.3 Å². The normalized spacial score (nSPS) is 12.4. The zero-order valence-corrected chi connectivity index (χ0v) is 10.0. The molecule has 0 saturated heterocycles. The van der Waals surface area contributed by atoms with Crippen LogP contribution in [0.4, 0.5) is 8.78 Å². The summed E-state index contributed by atoms with van der Waals surface area (Å²) in [4.78, 5) is 4.03. The molecule has 1 heterocycles. The zero-order valence-electron chi connectivity index (χ0n) is 10.0. The fourth-order valence-electron chi connectivity index (χ4n) is 1.92. The highest BCUT2D eigenvalue weighted by Gasteiger charge is 2.14. The standard InChI is InChI=1S/C14H14F2N2/c1-2-18-14(10-4-3-5-17-9-10)11-6-12(15)8-13(16)7-11/h3-9,14,18H,2H2,1H3. The van der Waals surface area contributed by atoms with Gasteiger partial charge in [-0.3, -0.25) is 4.98 Å². The number of nitrogens with zero attached hydrogens (tertiary/aromatic N) is 1. The van der Waals surface area contributed by atoms with Crippen LogP contribution in [-0.2, 0) is 0 Å². The highest BCUT2D eigenvalue weighted by molar-refractivity contribution is 5.30. The van der Waals surface area contributed by atoms with Gasteiger partial charge in [0.25, 0.3) is 0 Å². The minimum atomic E-state index is -0.572. The van der Waals surface area contributed by atoms with Gasteiger partial charge in [0.2, 0.25) is 0 Å². The van der Waals surface area contributed by atoms with Crippen LogP contribution in [-0.4, -0.2) is 11.5 Å². The molecule has 0 aliphatic heterocycles. The van der Waals surface area contributed by atoms with Gasteiger partial charge in [-0.15, -0.1) is 0 Å². The molecule has 1 aromatic heterocycles. The second kappa shape index (κ2) is 5.69. The maximum Gasteiger partial charge on any atom is 0.126 e. The van der Waals surface area contributed by atoms with Crippen molar-refractivity contribution in [3.05, 3.63) is 65.5 Å². The van der Waals surface area contributed by atoms with Crippen molar-refractivity contribution in [2.45, 2.75) is 13.0 Å². The van der Waals surface area contributed by atoms with Gasteiger partial charge in [0.1, 0.15) is 11.6 Å². The van der Waals surface area contributed by atoms with Gasteiger partial charge in [0.05, 0.1) is 6.04 Å². The van der Waals surface area contributed by atoms with Crippen molar-refractivity contribution in [2.24, 2.45) is 0 Å². The largest absolute Gasteiger partial charge is 0.306 e. The lowest BCUT2D eigenvalue weighted by atomic mass is 10.00. The van der Waals surface area contributed by atoms with E-state index < -0.39 is 11.6 Å². The van der Waals surface area contributed by atoms with Crippen LogP contribution in [0.5, 0.6) is 0 Å². The molecule has 1 unspecified atom stereocenters. The van der Waals surface area contributed by atoms with Crippen molar-refractivity contribution in [2.75, 3.05) is 6.54 Å². The number of hydrogen-bond donors (Lipinski definition) is 1. The topological polar surface area (TPSA) is 24.9 Å². The summed E-state index contributed by atoms with van der Waals surface area (Å²) in [5.74, 6) is -1.14. The Labute approximate surface area is 105 Å². The number of hydrogen-bond acceptors (Lipinski definition) is 2. The second-order valence-corrected chi connectivity index (χ2v) is 3.98. The Morgan fingerprint density at radius 2 is 1.89 bits per heavy atom. The lowest BCUT2D eigenvalue weighted by Crippen LogP contribution is -2.22. The Kier molecular flexibility index (Phi) is 3.99. The molecule has 0 saturated carbocycles. The Morgan fingerprint density at radius 3 is 2.44 bits per heavy atom. The summed E-state index contributed by atoms with van der Waals surface area (Å²) in [7, 11) is 0. The first-order chi connectivity index (χ1) is 8.70. The molecule has 1 aromatic carbocycles. The molecule has 1 N–H and O–H groups in total. The molecule has 94 valence electrons. The van der Waals surface area contributed by atoms with Crippen molar-refractivity contribution < 1.29 is 8.78 Å². The smallest absolute Gasteiger partial charge is 0.126 e. The lowest BCUT2D eigenvalue weighted by Gasteiger charge is -2.18. The number of aromatic nitrogens is 1. The first kappa shape index (κ1) is 12.6. The van der Waals surface area contributed by atoms with E-state index in [1.54, 1.807) is 18.5 Å². The Bertz CT molecular complexity index is 494. The molecule has 2 rings (SSSR count). The van der Waals surface area contributed by atoms with Crippen LogP contribution in [0.25, 0.3) is 0 Å². The maximum absolute atomic E-state index is 13.3. The van der Waals surface area contributed by atoms with Gasteiger partial charge in [-0.25, -0.2) is 8.78 Å². The van der Waals surface area contributed by atoms with Crippen LogP contribution in [0.15, 0.2) is 42.7 Å². The van der Waals surface area contributed by atoms with E-state index >= 15 is 0 Å². The number of pyridine rings is 1. The van der Waals surface area contributed by atoms with Crippen molar-refractivity contribution in [1.29, 1.82) is 0 Å². The average Bonchev–Trinajstić information content (AvgIpc) is 2.36. The fourth-order valence-corrected chi connectivity index (χ4v) is 1.92. The summed E-state index contributed by atoms with van der Waals surface area (Å²) in [6.07, 6.45) is 3.36. The van der Waals surface area contributed by atoms with Gasteiger partial charge in [0, 0.05) is 18.5 Å². The van der Waals surface area contributed by atoms with Crippen molar-refractivity contribution in [3.8, 4) is 0 Å². The molecule has 0 spiro atoms. The Balaban J connectivity index is 2.41. The second-order valence-electron chi connectivity index (χ2n) is 3.98. The fraction of sp³-hybridized carbons (Fsp3) is 0.214. The van der Waals surface area contributed by atoms with Crippen LogP contribution >= 0.6 is 0 Å². The van der Waals surface area contributed by atoms with E-state index in [0.717, 1.165) is 11.6 Å². The van der Waals surface area contributed by atoms with Crippen molar-refractivity contribution in [3.63, 3.8) is 0 Å². The molecular formula is C14H14F2N2. The molecule has 0 aliphatic carbocycles. The number of rotatable bonds is 4. The third kappa shape index (κ3) is 2.90. The zero-order chi connectivity index (χ0) is 13.0. The van der Waals surface area contributed by atoms with Gasteiger partial charge in [0.15, 0.2) is 0 Å². The SMILES string of the molecule is CCNC(c1cccnc1)c1cc(F)cc(F)c1. The number of halogens is 2. The highest BCUT2D eigenvalue weighted by atomic mass is 19.1. The third-order valence-corrected chi connectivity index (χ3v) is 2.64. The Hall–Kier alpha value is -1.81. The molecule has 4 heteroatoms. The van der Waals surface area contributed by atoms with Crippen molar-refractivity contribution in [1.82, 2.24) is 10.3 Å². The van der Waals surface area contributed by atoms with Crippen LogP contribution < -0.4 is 5.32 Å². The first-order valence-corrected chi connectivity index (χ1v) is 5.80. The maximum atomic E-state index is 13.3. The van der Waals surface area contributed by atoms with Crippen LogP contribution in [0.3, 0.4) is 0 Å². The minimum absolute atomic E-state index is 0.256. The summed E-state index contributed by atoms with van der Waals surface area (Å²) in [6, 6.07) is 6.97. The molecular weight excluding hydrogens is 234 g/mol.